The Balaban J connectivity index is 1.27. The van der Waals surface area contributed by atoms with Crippen molar-refractivity contribution in [3.05, 3.63) is 176 Å². The topological polar surface area (TPSA) is 65.0 Å². The molecule has 5 nitrogen and oxygen atoms in total. The molecule has 0 saturated heterocycles. The van der Waals surface area contributed by atoms with Crippen molar-refractivity contribution < 1.29 is 8.83 Å². The standard InChI is InChI=1S/C48H31N3O2/c1-2-3-4-5-6-15-31-26-28-42-45(37-18-10-12-21-40(37)53-42)43(31)48-50-46(33-25-27-35-32(29-33)24-23-30-14-7-8-16-34(30)35)49-47(51-48)38-19-13-22-41-44(38)36-17-9-11-20-39(36)52-41/h2-14,16-29H,1,15H2/b4-3-,6-5-. The number of benzene rings is 7. The summed E-state index contributed by atoms with van der Waals surface area (Å²) in [5.74, 6) is 1.74. The summed E-state index contributed by atoms with van der Waals surface area (Å²) >= 11 is 0. The van der Waals surface area contributed by atoms with Gasteiger partial charge in [0, 0.05) is 38.2 Å². The van der Waals surface area contributed by atoms with Crippen LogP contribution >= 0.6 is 0 Å². The summed E-state index contributed by atoms with van der Waals surface area (Å²) in [6, 6.07) is 45.8. The lowest BCUT2D eigenvalue weighted by Crippen LogP contribution is -2.02. The second-order valence-electron chi connectivity index (χ2n) is 13.1. The van der Waals surface area contributed by atoms with Crippen molar-refractivity contribution in [3.8, 4) is 34.2 Å². The molecule has 53 heavy (non-hydrogen) atoms. The van der Waals surface area contributed by atoms with Gasteiger partial charge in [-0.15, -0.1) is 0 Å². The quantitative estimate of drug-likeness (QED) is 0.124. The van der Waals surface area contributed by atoms with Gasteiger partial charge in [0.15, 0.2) is 17.5 Å². The van der Waals surface area contributed by atoms with Crippen LogP contribution in [0.3, 0.4) is 0 Å². The highest BCUT2D eigenvalue weighted by atomic mass is 16.3. The number of fused-ring (bicyclic) bond motifs is 9. The molecule has 3 heterocycles. The van der Waals surface area contributed by atoms with Crippen LogP contribution in [0.4, 0.5) is 0 Å². The van der Waals surface area contributed by atoms with Crippen LogP contribution in [0.5, 0.6) is 0 Å². The molecule has 0 fully saturated rings. The van der Waals surface area contributed by atoms with Crippen molar-refractivity contribution in [2.24, 2.45) is 0 Å². The van der Waals surface area contributed by atoms with E-state index in [9.17, 15) is 0 Å². The summed E-state index contributed by atoms with van der Waals surface area (Å²) in [7, 11) is 0. The lowest BCUT2D eigenvalue weighted by atomic mass is 9.97. The highest BCUT2D eigenvalue weighted by Gasteiger charge is 2.22. The lowest BCUT2D eigenvalue weighted by molar-refractivity contribution is 0.668. The van der Waals surface area contributed by atoms with E-state index >= 15 is 0 Å². The number of para-hydroxylation sites is 2. The van der Waals surface area contributed by atoms with Gasteiger partial charge in [0.1, 0.15) is 22.3 Å². The number of allylic oxidation sites excluding steroid dienone is 5. The molecule has 250 valence electrons. The van der Waals surface area contributed by atoms with Gasteiger partial charge in [0.2, 0.25) is 0 Å². The zero-order valence-corrected chi connectivity index (χ0v) is 28.7. The maximum Gasteiger partial charge on any atom is 0.165 e. The largest absolute Gasteiger partial charge is 0.456 e. The first-order chi connectivity index (χ1) is 26.2. The molecule has 0 atom stereocenters. The minimum absolute atomic E-state index is 0.570. The van der Waals surface area contributed by atoms with E-state index in [1.165, 1.54) is 16.2 Å². The van der Waals surface area contributed by atoms with Crippen LogP contribution in [-0.4, -0.2) is 15.0 Å². The van der Waals surface area contributed by atoms with Crippen molar-refractivity contribution in [2.45, 2.75) is 6.42 Å². The zero-order valence-electron chi connectivity index (χ0n) is 28.7. The van der Waals surface area contributed by atoms with E-state index in [0.29, 0.717) is 23.9 Å². The first-order valence-electron chi connectivity index (χ1n) is 17.7. The molecule has 0 aliphatic heterocycles. The third kappa shape index (κ3) is 5.21. The molecule has 7 aromatic carbocycles. The maximum absolute atomic E-state index is 6.41. The molecule has 0 N–H and O–H groups in total. The average Bonchev–Trinajstić information content (AvgIpc) is 3.79. The number of hydrogen-bond acceptors (Lipinski definition) is 5. The Morgan fingerprint density at radius 1 is 0.491 bits per heavy atom. The number of hydrogen-bond donors (Lipinski definition) is 0. The Morgan fingerprint density at radius 3 is 1.98 bits per heavy atom. The van der Waals surface area contributed by atoms with Crippen LogP contribution < -0.4 is 0 Å². The second-order valence-corrected chi connectivity index (χ2v) is 13.1. The molecule has 0 aliphatic carbocycles. The molecule has 0 unspecified atom stereocenters. The normalized spacial score (nSPS) is 12.2. The van der Waals surface area contributed by atoms with Crippen molar-refractivity contribution in [2.75, 3.05) is 0 Å². The smallest absolute Gasteiger partial charge is 0.165 e. The molecular weight excluding hydrogens is 651 g/mol. The molecular formula is C48H31N3O2. The molecule has 0 radical (unpaired) electrons. The number of rotatable bonds is 7. The average molecular weight is 682 g/mol. The van der Waals surface area contributed by atoms with E-state index < -0.39 is 0 Å². The van der Waals surface area contributed by atoms with Gasteiger partial charge in [0.05, 0.1) is 0 Å². The zero-order chi connectivity index (χ0) is 35.3. The Kier molecular flexibility index (Phi) is 7.29. The van der Waals surface area contributed by atoms with E-state index in [0.717, 1.165) is 71.5 Å². The van der Waals surface area contributed by atoms with Gasteiger partial charge in [-0.2, -0.15) is 0 Å². The van der Waals surface area contributed by atoms with Crippen molar-refractivity contribution in [1.82, 2.24) is 15.0 Å². The van der Waals surface area contributed by atoms with Crippen LogP contribution in [0.1, 0.15) is 5.56 Å². The monoisotopic (exact) mass is 681 g/mol. The van der Waals surface area contributed by atoms with Crippen molar-refractivity contribution in [1.29, 1.82) is 0 Å². The highest BCUT2D eigenvalue weighted by Crippen LogP contribution is 2.41. The fraction of sp³-hybridized carbons (Fsp3) is 0.0208. The lowest BCUT2D eigenvalue weighted by Gasteiger charge is -2.13. The van der Waals surface area contributed by atoms with E-state index in [1.807, 2.05) is 66.8 Å². The maximum atomic E-state index is 6.41. The predicted molar refractivity (Wildman–Crippen MR) is 218 cm³/mol. The van der Waals surface area contributed by atoms with Gasteiger partial charge in [-0.3, -0.25) is 0 Å². The van der Waals surface area contributed by atoms with Gasteiger partial charge in [0.25, 0.3) is 0 Å². The fourth-order valence-corrected chi connectivity index (χ4v) is 7.55. The van der Waals surface area contributed by atoms with Crippen LogP contribution in [0.15, 0.2) is 179 Å². The number of furan rings is 2. The van der Waals surface area contributed by atoms with E-state index in [1.54, 1.807) is 6.08 Å². The van der Waals surface area contributed by atoms with Gasteiger partial charge < -0.3 is 8.83 Å². The Hall–Kier alpha value is -7.11. The summed E-state index contributed by atoms with van der Waals surface area (Å²) in [5, 5.41) is 8.71. The Bertz CT molecular complexity index is 3130. The van der Waals surface area contributed by atoms with Gasteiger partial charge in [-0.1, -0.05) is 140 Å². The van der Waals surface area contributed by atoms with E-state index in [2.05, 4.69) is 97.6 Å². The fourth-order valence-electron chi connectivity index (χ4n) is 7.55. The summed E-state index contributed by atoms with van der Waals surface area (Å²) in [5.41, 5.74) is 6.98. The molecule has 10 rings (SSSR count). The summed E-state index contributed by atoms with van der Waals surface area (Å²) < 4.78 is 12.7. The first kappa shape index (κ1) is 30.7. The van der Waals surface area contributed by atoms with Gasteiger partial charge in [-0.05, 0) is 63.9 Å². The molecule has 0 saturated carbocycles. The van der Waals surface area contributed by atoms with Crippen LogP contribution in [0.2, 0.25) is 0 Å². The minimum Gasteiger partial charge on any atom is -0.456 e. The molecule has 0 aliphatic rings. The first-order valence-corrected chi connectivity index (χ1v) is 17.7. The van der Waals surface area contributed by atoms with Gasteiger partial charge >= 0.3 is 0 Å². The SMILES string of the molecule is C=C/C=C\C=C/Cc1ccc2oc3ccccc3c2c1-c1nc(-c2ccc3c(ccc4ccccc43)c2)nc(-c2cccc3oc4ccccc4c23)n1. The molecule has 0 amide bonds. The Morgan fingerprint density at radius 2 is 1.15 bits per heavy atom. The number of nitrogens with zero attached hydrogens (tertiary/aromatic N) is 3. The summed E-state index contributed by atoms with van der Waals surface area (Å²) in [6.45, 7) is 3.80. The molecule has 3 aromatic heterocycles. The predicted octanol–water partition coefficient (Wildman–Crippen LogP) is 12.8. The van der Waals surface area contributed by atoms with Crippen LogP contribution in [0.25, 0.3) is 99.6 Å². The Labute approximate surface area is 304 Å². The highest BCUT2D eigenvalue weighted by molar-refractivity contribution is 6.14. The molecule has 5 heteroatoms. The van der Waals surface area contributed by atoms with Crippen molar-refractivity contribution in [3.63, 3.8) is 0 Å². The van der Waals surface area contributed by atoms with Crippen molar-refractivity contribution >= 4 is 65.4 Å². The summed E-state index contributed by atoms with van der Waals surface area (Å²) in [6.07, 6.45) is 10.5. The second kappa shape index (κ2) is 12.6. The van der Waals surface area contributed by atoms with E-state index in [4.69, 9.17) is 23.8 Å². The van der Waals surface area contributed by atoms with Crippen LogP contribution in [0, 0.1) is 0 Å². The molecule has 0 spiro atoms. The minimum atomic E-state index is 0.570. The third-order valence-electron chi connectivity index (χ3n) is 9.97. The van der Waals surface area contributed by atoms with Gasteiger partial charge in [-0.25, -0.2) is 15.0 Å². The van der Waals surface area contributed by atoms with E-state index in [-0.39, 0.29) is 0 Å². The number of aromatic nitrogens is 3. The van der Waals surface area contributed by atoms with Crippen LogP contribution in [-0.2, 0) is 6.42 Å². The third-order valence-corrected chi connectivity index (χ3v) is 9.97. The summed E-state index contributed by atoms with van der Waals surface area (Å²) in [4.78, 5) is 15.9. The molecule has 0 bridgehead atoms. The molecule has 10 aromatic rings.